The number of aromatic nitrogens is 1. The molecule has 0 unspecified atom stereocenters. The van der Waals surface area contributed by atoms with Crippen LogP contribution in [0.4, 0.5) is 10.5 Å². The van der Waals surface area contributed by atoms with Crippen LogP contribution < -0.4 is 10.1 Å². The van der Waals surface area contributed by atoms with Crippen molar-refractivity contribution in [3.05, 3.63) is 18.5 Å². The lowest BCUT2D eigenvalue weighted by Crippen LogP contribution is -2.33. The highest BCUT2D eigenvalue weighted by Crippen LogP contribution is 2.37. The average Bonchev–Trinajstić information content (AvgIpc) is 2.99. The molecule has 3 rings (SSSR count). The molecule has 0 radical (unpaired) electrons. The highest BCUT2D eigenvalue weighted by atomic mass is 16.5. The zero-order valence-corrected chi connectivity index (χ0v) is 11.1. The minimum Gasteiger partial charge on any atom is -0.495 e. The molecule has 102 valence electrons. The Morgan fingerprint density at radius 1 is 1.37 bits per heavy atom. The maximum Gasteiger partial charge on any atom is 0.321 e. The van der Waals surface area contributed by atoms with Crippen LogP contribution in [0, 0.1) is 11.8 Å². The number of likely N-dealkylation sites (tertiary alicyclic amines) is 1. The normalized spacial score (nSPS) is 25.2. The molecule has 0 spiro atoms. The third-order valence-electron chi connectivity index (χ3n) is 4.21. The number of ether oxygens (including phenoxy) is 1. The van der Waals surface area contributed by atoms with Gasteiger partial charge in [-0.3, -0.25) is 4.98 Å². The molecule has 5 nitrogen and oxygen atoms in total. The van der Waals surface area contributed by atoms with Crippen LogP contribution in [-0.4, -0.2) is 36.1 Å². The predicted molar refractivity (Wildman–Crippen MR) is 72.2 cm³/mol. The number of anilines is 1. The number of nitrogens with one attached hydrogen (secondary N) is 1. The minimum absolute atomic E-state index is 0.0237. The highest BCUT2D eigenvalue weighted by molar-refractivity contribution is 5.89. The number of hydrogen-bond acceptors (Lipinski definition) is 3. The van der Waals surface area contributed by atoms with E-state index in [-0.39, 0.29) is 6.03 Å². The van der Waals surface area contributed by atoms with E-state index in [1.165, 1.54) is 19.3 Å². The number of methoxy groups -OCH3 is 1. The number of pyridine rings is 1. The van der Waals surface area contributed by atoms with E-state index in [0.717, 1.165) is 13.1 Å². The lowest BCUT2D eigenvalue weighted by molar-refractivity contribution is 0.219. The van der Waals surface area contributed by atoms with Crippen LogP contribution in [0.15, 0.2) is 18.5 Å². The Hall–Kier alpha value is -1.78. The maximum atomic E-state index is 12.2. The Bertz CT molecular complexity index is 466. The molecule has 1 aromatic heterocycles. The average molecular weight is 261 g/mol. The van der Waals surface area contributed by atoms with Crippen LogP contribution in [0.3, 0.4) is 0 Å². The van der Waals surface area contributed by atoms with Crippen molar-refractivity contribution >= 4 is 11.7 Å². The van der Waals surface area contributed by atoms with Gasteiger partial charge in [-0.05, 0) is 24.7 Å². The third-order valence-corrected chi connectivity index (χ3v) is 4.21. The van der Waals surface area contributed by atoms with Gasteiger partial charge in [-0.2, -0.15) is 0 Å². The number of hydrogen-bond donors (Lipinski definition) is 1. The summed E-state index contributed by atoms with van der Waals surface area (Å²) in [5.41, 5.74) is 0.682. The Morgan fingerprint density at radius 3 is 2.79 bits per heavy atom. The molecule has 1 saturated heterocycles. The monoisotopic (exact) mass is 261 g/mol. The predicted octanol–water partition coefficient (Wildman–Crippen LogP) is 2.35. The van der Waals surface area contributed by atoms with Gasteiger partial charge in [0.1, 0.15) is 5.75 Å². The van der Waals surface area contributed by atoms with Gasteiger partial charge in [0.05, 0.1) is 25.2 Å². The maximum absolute atomic E-state index is 12.2. The van der Waals surface area contributed by atoms with E-state index in [1.54, 1.807) is 25.6 Å². The molecule has 2 aliphatic rings. The molecule has 2 amide bonds. The van der Waals surface area contributed by atoms with E-state index in [9.17, 15) is 4.79 Å². The van der Waals surface area contributed by atoms with Gasteiger partial charge in [0.15, 0.2) is 0 Å². The van der Waals surface area contributed by atoms with Crippen molar-refractivity contribution in [2.75, 3.05) is 25.5 Å². The van der Waals surface area contributed by atoms with Crippen LogP contribution in [0.5, 0.6) is 5.75 Å². The standard InChI is InChI=1S/C14H19N3O2/c1-19-13-5-12(6-15-7-13)16-14(18)17-8-10-3-2-4-11(10)9-17/h5-7,10-11H,2-4,8-9H2,1H3,(H,16,18)/t10-,11+. The molecule has 2 atom stereocenters. The molecule has 2 heterocycles. The topological polar surface area (TPSA) is 54.5 Å². The molecule has 1 aromatic rings. The molecular weight excluding hydrogens is 242 g/mol. The second kappa shape index (κ2) is 5.07. The van der Waals surface area contributed by atoms with Crippen LogP contribution in [0.2, 0.25) is 0 Å². The lowest BCUT2D eigenvalue weighted by atomic mass is 10.0. The van der Waals surface area contributed by atoms with E-state index in [4.69, 9.17) is 4.74 Å². The molecule has 0 bridgehead atoms. The molecule has 1 N–H and O–H groups in total. The van der Waals surface area contributed by atoms with E-state index in [2.05, 4.69) is 10.3 Å². The number of nitrogens with zero attached hydrogens (tertiary/aromatic N) is 2. The number of carbonyl (C=O) groups excluding carboxylic acids is 1. The van der Waals surface area contributed by atoms with E-state index < -0.39 is 0 Å². The van der Waals surface area contributed by atoms with Crippen LogP contribution in [0.25, 0.3) is 0 Å². The Labute approximate surface area is 113 Å². The first-order valence-corrected chi connectivity index (χ1v) is 6.81. The van der Waals surface area contributed by atoms with Gasteiger partial charge in [0, 0.05) is 19.2 Å². The van der Waals surface area contributed by atoms with Gasteiger partial charge in [-0.25, -0.2) is 4.79 Å². The molecule has 1 aliphatic heterocycles. The van der Waals surface area contributed by atoms with Crippen LogP contribution in [0.1, 0.15) is 19.3 Å². The van der Waals surface area contributed by atoms with Gasteiger partial charge in [-0.15, -0.1) is 0 Å². The number of rotatable bonds is 2. The van der Waals surface area contributed by atoms with Gasteiger partial charge in [0.2, 0.25) is 0 Å². The van der Waals surface area contributed by atoms with Crippen molar-refractivity contribution in [1.82, 2.24) is 9.88 Å². The molecule has 19 heavy (non-hydrogen) atoms. The smallest absolute Gasteiger partial charge is 0.321 e. The summed E-state index contributed by atoms with van der Waals surface area (Å²) in [6.07, 6.45) is 7.13. The summed E-state index contributed by atoms with van der Waals surface area (Å²) in [7, 11) is 1.59. The Kier molecular flexibility index (Phi) is 3.27. The second-order valence-electron chi connectivity index (χ2n) is 5.40. The summed E-state index contributed by atoms with van der Waals surface area (Å²) in [5.74, 6) is 2.08. The molecule has 2 fully saturated rings. The fourth-order valence-electron chi connectivity index (χ4n) is 3.20. The quantitative estimate of drug-likeness (QED) is 0.889. The third kappa shape index (κ3) is 2.50. The summed E-state index contributed by atoms with van der Waals surface area (Å²) in [5, 5.41) is 2.89. The largest absolute Gasteiger partial charge is 0.495 e. The molecular formula is C14H19N3O2. The molecule has 0 aromatic carbocycles. The number of amides is 2. The first-order valence-electron chi connectivity index (χ1n) is 6.81. The van der Waals surface area contributed by atoms with Crippen molar-refractivity contribution in [3.8, 4) is 5.75 Å². The van der Waals surface area contributed by atoms with Crippen LogP contribution in [-0.2, 0) is 0 Å². The van der Waals surface area contributed by atoms with Crippen molar-refractivity contribution in [2.24, 2.45) is 11.8 Å². The fraction of sp³-hybridized carbons (Fsp3) is 0.571. The first-order chi connectivity index (χ1) is 9.26. The number of fused-ring (bicyclic) bond motifs is 1. The number of urea groups is 1. The summed E-state index contributed by atoms with van der Waals surface area (Å²) in [6, 6.07) is 1.76. The van der Waals surface area contributed by atoms with E-state index in [0.29, 0.717) is 23.3 Å². The van der Waals surface area contributed by atoms with Gasteiger partial charge in [0.25, 0.3) is 0 Å². The van der Waals surface area contributed by atoms with Gasteiger partial charge >= 0.3 is 6.03 Å². The molecule has 1 aliphatic carbocycles. The summed E-state index contributed by atoms with van der Waals surface area (Å²) in [4.78, 5) is 18.2. The summed E-state index contributed by atoms with van der Waals surface area (Å²) >= 11 is 0. The highest BCUT2D eigenvalue weighted by Gasteiger charge is 2.37. The molecule has 1 saturated carbocycles. The Balaban J connectivity index is 1.62. The zero-order valence-electron chi connectivity index (χ0n) is 11.1. The van der Waals surface area contributed by atoms with Crippen molar-refractivity contribution in [1.29, 1.82) is 0 Å². The van der Waals surface area contributed by atoms with Gasteiger partial charge < -0.3 is 15.0 Å². The van der Waals surface area contributed by atoms with Gasteiger partial charge in [-0.1, -0.05) is 6.42 Å². The second-order valence-corrected chi connectivity index (χ2v) is 5.40. The molecule has 5 heteroatoms. The van der Waals surface area contributed by atoms with Crippen molar-refractivity contribution in [2.45, 2.75) is 19.3 Å². The number of carbonyl (C=O) groups is 1. The minimum atomic E-state index is -0.0237. The van der Waals surface area contributed by atoms with E-state index >= 15 is 0 Å². The summed E-state index contributed by atoms with van der Waals surface area (Å²) < 4.78 is 5.10. The van der Waals surface area contributed by atoms with Crippen LogP contribution >= 0.6 is 0 Å². The fourth-order valence-corrected chi connectivity index (χ4v) is 3.20. The SMILES string of the molecule is COc1cncc(NC(=O)N2C[C@H]3CCC[C@H]3C2)c1. The Morgan fingerprint density at radius 2 is 2.11 bits per heavy atom. The van der Waals surface area contributed by atoms with Crippen molar-refractivity contribution in [3.63, 3.8) is 0 Å². The van der Waals surface area contributed by atoms with E-state index in [1.807, 2.05) is 4.90 Å². The van der Waals surface area contributed by atoms with Crippen molar-refractivity contribution < 1.29 is 9.53 Å². The summed E-state index contributed by atoms with van der Waals surface area (Å²) in [6.45, 7) is 1.79. The lowest BCUT2D eigenvalue weighted by Gasteiger charge is -2.18. The first kappa shape index (κ1) is 12.3. The zero-order chi connectivity index (χ0) is 13.2.